The number of amides is 1. The fourth-order valence-electron chi connectivity index (χ4n) is 2.99. The number of carbonyl (C=O) groups excluding carboxylic acids is 1. The van der Waals surface area contributed by atoms with E-state index >= 15 is 0 Å². The van der Waals surface area contributed by atoms with Gasteiger partial charge in [0.1, 0.15) is 0 Å². The number of benzene rings is 1. The van der Waals surface area contributed by atoms with Crippen molar-refractivity contribution in [2.24, 2.45) is 0 Å². The number of aliphatic hydroxyl groups excluding tert-OH is 1. The summed E-state index contributed by atoms with van der Waals surface area (Å²) in [7, 11) is 1.68. The van der Waals surface area contributed by atoms with Crippen LogP contribution in [-0.4, -0.2) is 49.4 Å². The summed E-state index contributed by atoms with van der Waals surface area (Å²) >= 11 is 12.5. The molecule has 1 aromatic heterocycles. The third kappa shape index (κ3) is 5.54. The Balaban J connectivity index is 0.000000583. The molecule has 1 aliphatic heterocycles. The highest BCUT2D eigenvalue weighted by molar-refractivity contribution is 6.45. The second-order valence-electron chi connectivity index (χ2n) is 5.98. The molecule has 0 radical (unpaired) electrons. The summed E-state index contributed by atoms with van der Waals surface area (Å²) in [5, 5.41) is 16.9. The maximum atomic E-state index is 12.2. The van der Waals surface area contributed by atoms with Crippen LogP contribution >= 0.6 is 23.2 Å². The summed E-state index contributed by atoms with van der Waals surface area (Å²) in [5.41, 5.74) is 3.46. The normalized spacial score (nSPS) is 15.4. The zero-order chi connectivity index (χ0) is 21.3. The van der Waals surface area contributed by atoms with Crippen LogP contribution in [0.25, 0.3) is 10.9 Å². The van der Waals surface area contributed by atoms with Gasteiger partial charge in [0.15, 0.2) is 0 Å². The van der Waals surface area contributed by atoms with E-state index in [9.17, 15) is 4.79 Å². The van der Waals surface area contributed by atoms with E-state index in [-0.39, 0.29) is 18.4 Å². The van der Waals surface area contributed by atoms with Crippen molar-refractivity contribution in [2.75, 3.05) is 38.7 Å². The lowest BCUT2D eigenvalue weighted by Gasteiger charge is -2.13. The SMILES string of the molecule is CC.CC1C(=O)NCCc2[nH]c3c(Cl)c(Cl)cc(NCCO)c3c21.CCOC. The van der Waals surface area contributed by atoms with Crippen LogP contribution in [0, 0.1) is 0 Å². The van der Waals surface area contributed by atoms with Gasteiger partial charge in [-0.1, -0.05) is 37.0 Å². The zero-order valence-corrected chi connectivity index (χ0v) is 18.7. The van der Waals surface area contributed by atoms with Gasteiger partial charge in [0.25, 0.3) is 0 Å². The topological polar surface area (TPSA) is 86.4 Å². The molecule has 6 nitrogen and oxygen atoms in total. The molecule has 2 heterocycles. The maximum absolute atomic E-state index is 12.2. The zero-order valence-electron chi connectivity index (χ0n) is 17.2. The molecule has 0 spiro atoms. The van der Waals surface area contributed by atoms with Gasteiger partial charge < -0.3 is 25.5 Å². The van der Waals surface area contributed by atoms with E-state index in [0.29, 0.717) is 29.6 Å². The first-order valence-corrected chi connectivity index (χ1v) is 10.4. The fourth-order valence-corrected chi connectivity index (χ4v) is 3.39. The van der Waals surface area contributed by atoms with Gasteiger partial charge in [0.05, 0.1) is 28.1 Å². The van der Waals surface area contributed by atoms with E-state index in [1.54, 1.807) is 13.2 Å². The van der Waals surface area contributed by atoms with Crippen molar-refractivity contribution in [2.45, 2.75) is 40.0 Å². The molecule has 0 saturated carbocycles. The highest BCUT2D eigenvalue weighted by atomic mass is 35.5. The van der Waals surface area contributed by atoms with Gasteiger partial charge in [-0.15, -0.1) is 0 Å². The Morgan fingerprint density at radius 1 is 1.36 bits per heavy atom. The lowest BCUT2D eigenvalue weighted by Crippen LogP contribution is -2.26. The van der Waals surface area contributed by atoms with Crippen LogP contribution in [0.2, 0.25) is 10.0 Å². The van der Waals surface area contributed by atoms with Gasteiger partial charge in [0.2, 0.25) is 5.91 Å². The molecule has 0 bridgehead atoms. The van der Waals surface area contributed by atoms with Gasteiger partial charge in [-0.25, -0.2) is 0 Å². The molecule has 158 valence electrons. The first-order valence-electron chi connectivity index (χ1n) is 9.60. The van der Waals surface area contributed by atoms with E-state index in [1.807, 2.05) is 27.7 Å². The second kappa shape index (κ2) is 12.2. The van der Waals surface area contributed by atoms with Crippen molar-refractivity contribution in [3.05, 3.63) is 27.4 Å². The maximum Gasteiger partial charge on any atom is 0.227 e. The van der Waals surface area contributed by atoms with Crippen LogP contribution < -0.4 is 10.6 Å². The summed E-state index contributed by atoms with van der Waals surface area (Å²) in [6, 6.07) is 1.74. The minimum Gasteiger partial charge on any atom is -0.395 e. The summed E-state index contributed by atoms with van der Waals surface area (Å²) in [6.45, 7) is 9.65. The van der Waals surface area contributed by atoms with Crippen molar-refractivity contribution in [1.29, 1.82) is 0 Å². The standard InChI is InChI=1S/C15H17Cl2N3O2.C3H8O.C2H6/c1-7-11-9(2-3-19-15(7)22)20-14-12(11)10(18-4-5-21)6-8(16)13(14)17;1-3-4-2;1-2/h6-7,18,20-21H,2-5H2,1H3,(H,19,22);3H2,1-2H3;1-2H3. The number of ether oxygens (including phenoxy) is 1. The molecular formula is C20H31Cl2N3O3. The smallest absolute Gasteiger partial charge is 0.227 e. The van der Waals surface area contributed by atoms with Crippen molar-refractivity contribution in [1.82, 2.24) is 10.3 Å². The van der Waals surface area contributed by atoms with E-state index < -0.39 is 0 Å². The number of aromatic amines is 1. The van der Waals surface area contributed by atoms with Gasteiger partial charge in [-0.05, 0) is 25.5 Å². The number of H-pyrrole nitrogens is 1. The van der Waals surface area contributed by atoms with Gasteiger partial charge in [-0.2, -0.15) is 0 Å². The van der Waals surface area contributed by atoms with E-state index in [4.69, 9.17) is 28.3 Å². The highest BCUT2D eigenvalue weighted by Crippen LogP contribution is 2.42. The lowest BCUT2D eigenvalue weighted by atomic mass is 9.96. The summed E-state index contributed by atoms with van der Waals surface area (Å²) < 4.78 is 4.54. The average Bonchev–Trinajstić information content (AvgIpc) is 3.04. The number of aromatic nitrogens is 1. The molecule has 0 fully saturated rings. The number of aliphatic hydroxyl groups is 1. The number of rotatable bonds is 4. The number of halogens is 2. The first-order chi connectivity index (χ1) is 13.5. The second-order valence-corrected chi connectivity index (χ2v) is 6.76. The van der Waals surface area contributed by atoms with Crippen LogP contribution in [0.1, 0.15) is 44.9 Å². The monoisotopic (exact) mass is 431 g/mol. The minimum absolute atomic E-state index is 0.00108. The number of anilines is 1. The minimum atomic E-state index is -0.279. The molecule has 1 unspecified atom stereocenters. The summed E-state index contributed by atoms with van der Waals surface area (Å²) in [5.74, 6) is -0.281. The average molecular weight is 432 g/mol. The van der Waals surface area contributed by atoms with Crippen LogP contribution in [0.4, 0.5) is 5.69 Å². The molecule has 8 heteroatoms. The Labute approximate surface area is 176 Å². The van der Waals surface area contributed by atoms with E-state index in [1.165, 1.54) is 0 Å². The molecule has 4 N–H and O–H groups in total. The van der Waals surface area contributed by atoms with Crippen molar-refractivity contribution < 1.29 is 14.6 Å². The molecule has 1 aliphatic rings. The number of hydrogen-bond donors (Lipinski definition) is 4. The Morgan fingerprint density at radius 3 is 2.57 bits per heavy atom. The summed E-state index contributed by atoms with van der Waals surface area (Å²) in [4.78, 5) is 15.5. The number of carbonyl (C=O) groups is 1. The summed E-state index contributed by atoms with van der Waals surface area (Å²) in [6.07, 6.45) is 0.716. The first kappa shape index (κ1) is 24.6. The predicted molar refractivity (Wildman–Crippen MR) is 118 cm³/mol. The highest BCUT2D eigenvalue weighted by Gasteiger charge is 2.28. The third-order valence-corrected chi connectivity index (χ3v) is 5.09. The van der Waals surface area contributed by atoms with Crippen molar-refractivity contribution >= 4 is 45.7 Å². The Morgan fingerprint density at radius 2 is 2.00 bits per heavy atom. The third-order valence-electron chi connectivity index (χ3n) is 4.31. The Bertz CT molecular complexity index is 776. The number of nitrogens with one attached hydrogen (secondary N) is 3. The van der Waals surface area contributed by atoms with Gasteiger partial charge in [-0.3, -0.25) is 4.79 Å². The van der Waals surface area contributed by atoms with Gasteiger partial charge >= 0.3 is 0 Å². The molecule has 28 heavy (non-hydrogen) atoms. The molecule has 3 rings (SSSR count). The molecular weight excluding hydrogens is 401 g/mol. The van der Waals surface area contributed by atoms with Crippen molar-refractivity contribution in [3.63, 3.8) is 0 Å². The van der Waals surface area contributed by atoms with E-state index in [0.717, 1.165) is 34.5 Å². The molecule has 2 aromatic rings. The largest absolute Gasteiger partial charge is 0.395 e. The number of hydrogen-bond acceptors (Lipinski definition) is 4. The fraction of sp³-hybridized carbons (Fsp3) is 0.550. The molecule has 1 atom stereocenters. The number of fused-ring (bicyclic) bond motifs is 3. The Hall–Kier alpha value is -1.47. The Kier molecular flexibility index (Phi) is 10.7. The van der Waals surface area contributed by atoms with Gasteiger partial charge in [0, 0.05) is 50.0 Å². The molecule has 1 amide bonds. The van der Waals surface area contributed by atoms with Crippen LogP contribution in [-0.2, 0) is 16.0 Å². The predicted octanol–water partition coefficient (Wildman–Crippen LogP) is 4.33. The van der Waals surface area contributed by atoms with E-state index in [2.05, 4.69) is 20.4 Å². The van der Waals surface area contributed by atoms with Crippen molar-refractivity contribution in [3.8, 4) is 0 Å². The molecule has 1 aromatic carbocycles. The lowest BCUT2D eigenvalue weighted by molar-refractivity contribution is -0.121. The molecule has 0 aliphatic carbocycles. The quantitative estimate of drug-likeness (QED) is 0.579. The molecule has 0 saturated heterocycles. The number of methoxy groups -OCH3 is 1. The van der Waals surface area contributed by atoms with Crippen LogP contribution in [0.15, 0.2) is 6.07 Å². The van der Waals surface area contributed by atoms with Crippen LogP contribution in [0.5, 0.6) is 0 Å². The van der Waals surface area contributed by atoms with Crippen LogP contribution in [0.3, 0.4) is 0 Å².